The highest BCUT2D eigenvalue weighted by molar-refractivity contribution is 7.47. The molecule has 0 saturated carbocycles. The van der Waals surface area contributed by atoms with Crippen molar-refractivity contribution in [3.8, 4) is 0 Å². The maximum absolute atomic E-state index is 12.1. The Hall–Kier alpha value is -2.29. The van der Waals surface area contributed by atoms with E-state index in [2.05, 4.69) is 79.9 Å². The SMILES string of the molecule is CC/C=C\C/C=C\C/C=C\C/C=C\C/C=C\CCCC(=O)NCCOP(=O)(O)OCC(O)COC(=O)CCCCCCCCCCCCCCCC. The molecular weight excluding hydrogens is 677 g/mol. The molecule has 10 heteroatoms. The molecule has 0 radical (unpaired) electrons. The van der Waals surface area contributed by atoms with Gasteiger partial charge in [-0.3, -0.25) is 18.6 Å². The van der Waals surface area contributed by atoms with E-state index in [1.807, 2.05) is 0 Å². The number of phosphoric ester groups is 1. The van der Waals surface area contributed by atoms with Gasteiger partial charge in [-0.2, -0.15) is 0 Å². The zero-order valence-electron chi connectivity index (χ0n) is 32.7. The van der Waals surface area contributed by atoms with Crippen LogP contribution < -0.4 is 5.32 Å². The summed E-state index contributed by atoms with van der Waals surface area (Å²) in [5.41, 5.74) is 0. The lowest BCUT2D eigenvalue weighted by molar-refractivity contribution is -0.147. The molecule has 0 aliphatic carbocycles. The third-order valence-corrected chi connectivity index (χ3v) is 9.20. The molecule has 1 amide bonds. The molecule has 2 atom stereocenters. The monoisotopic (exact) mass is 752 g/mol. The summed E-state index contributed by atoms with van der Waals surface area (Å²) in [7, 11) is -4.43. The van der Waals surface area contributed by atoms with Crippen LogP contribution in [0, 0.1) is 0 Å². The van der Waals surface area contributed by atoms with Crippen molar-refractivity contribution in [3.63, 3.8) is 0 Å². The van der Waals surface area contributed by atoms with E-state index in [1.165, 1.54) is 70.6 Å². The fourth-order valence-corrected chi connectivity index (χ4v) is 5.94. The van der Waals surface area contributed by atoms with Crippen molar-refractivity contribution in [2.45, 2.75) is 168 Å². The first-order chi connectivity index (χ1) is 25.3. The Bertz CT molecular complexity index is 1040. The van der Waals surface area contributed by atoms with Crippen LogP contribution in [-0.2, 0) is 27.9 Å². The van der Waals surface area contributed by atoms with Crippen molar-refractivity contribution < 1.29 is 37.9 Å². The van der Waals surface area contributed by atoms with E-state index in [1.54, 1.807) is 0 Å². The van der Waals surface area contributed by atoms with E-state index >= 15 is 0 Å². The number of nitrogens with one attached hydrogen (secondary N) is 1. The fraction of sp³-hybridized carbons (Fsp3) is 0.714. The molecule has 3 N–H and O–H groups in total. The number of carbonyl (C=O) groups excluding carboxylic acids is 2. The molecular formula is C42H74NO8P. The lowest BCUT2D eigenvalue weighted by Crippen LogP contribution is -2.27. The van der Waals surface area contributed by atoms with Crippen molar-refractivity contribution >= 4 is 19.7 Å². The van der Waals surface area contributed by atoms with Crippen LogP contribution >= 0.6 is 7.82 Å². The second-order valence-electron chi connectivity index (χ2n) is 13.2. The van der Waals surface area contributed by atoms with Crippen LogP contribution in [0.25, 0.3) is 0 Å². The average Bonchev–Trinajstić information content (AvgIpc) is 3.13. The van der Waals surface area contributed by atoms with E-state index in [0.717, 1.165) is 57.8 Å². The van der Waals surface area contributed by atoms with E-state index in [-0.39, 0.29) is 32.1 Å². The molecule has 0 saturated heterocycles. The second kappa shape index (κ2) is 38.4. The predicted molar refractivity (Wildman–Crippen MR) is 215 cm³/mol. The number of aliphatic hydroxyl groups is 1. The van der Waals surface area contributed by atoms with Crippen LogP contribution in [0.3, 0.4) is 0 Å². The maximum Gasteiger partial charge on any atom is 0.472 e. The minimum Gasteiger partial charge on any atom is -0.463 e. The number of rotatable bonds is 37. The first-order valence-corrected chi connectivity index (χ1v) is 21.8. The molecule has 9 nitrogen and oxygen atoms in total. The third-order valence-electron chi connectivity index (χ3n) is 8.21. The molecule has 0 aromatic rings. The van der Waals surface area contributed by atoms with Gasteiger partial charge in [-0.25, -0.2) is 4.57 Å². The molecule has 0 heterocycles. The molecule has 0 aliphatic heterocycles. The molecule has 300 valence electrons. The Kier molecular flexibility index (Phi) is 36.7. The summed E-state index contributed by atoms with van der Waals surface area (Å²) in [4.78, 5) is 33.8. The minimum atomic E-state index is -4.43. The van der Waals surface area contributed by atoms with Crippen LogP contribution in [0.4, 0.5) is 0 Å². The Balaban J connectivity index is 3.70. The van der Waals surface area contributed by atoms with Crippen LogP contribution in [0.5, 0.6) is 0 Å². The van der Waals surface area contributed by atoms with Gasteiger partial charge in [0.15, 0.2) is 0 Å². The second-order valence-corrected chi connectivity index (χ2v) is 14.7. The first kappa shape index (κ1) is 49.7. The Morgan fingerprint density at radius 1 is 0.615 bits per heavy atom. The van der Waals surface area contributed by atoms with E-state index in [0.29, 0.717) is 12.8 Å². The fourth-order valence-electron chi connectivity index (χ4n) is 5.18. The Morgan fingerprint density at radius 3 is 1.62 bits per heavy atom. The topological polar surface area (TPSA) is 131 Å². The standard InChI is InChI=1S/C42H74NO8P/c1-3-5-7-9-11-13-15-17-19-20-21-22-24-26-28-30-32-34-41(45)43-36-37-50-52(47,48)51-39-40(44)38-49-42(46)35-33-31-29-27-25-23-18-16-14-12-10-8-6-4-2/h5,7,11,13,17,19,21-22,26,28,40,44H,3-4,6,8-10,12,14-16,18,20,23-25,27,29-39H2,1-2H3,(H,43,45)(H,47,48)/b7-5-,13-11-,19-17-,22-21-,28-26-. The van der Waals surface area contributed by atoms with E-state index in [9.17, 15) is 24.2 Å². The zero-order valence-corrected chi connectivity index (χ0v) is 33.6. The molecule has 52 heavy (non-hydrogen) atoms. The summed E-state index contributed by atoms with van der Waals surface area (Å²) in [5, 5.41) is 12.6. The first-order valence-electron chi connectivity index (χ1n) is 20.3. The number of unbranched alkanes of at least 4 members (excludes halogenated alkanes) is 14. The third kappa shape index (κ3) is 38.9. The number of amides is 1. The summed E-state index contributed by atoms with van der Waals surface area (Å²) in [6, 6.07) is 0. The van der Waals surface area contributed by atoms with Crippen LogP contribution in [-0.4, -0.2) is 54.3 Å². The van der Waals surface area contributed by atoms with Gasteiger partial charge in [-0.1, -0.05) is 158 Å². The van der Waals surface area contributed by atoms with Crippen LogP contribution in [0.15, 0.2) is 60.8 Å². The molecule has 0 fully saturated rings. The smallest absolute Gasteiger partial charge is 0.463 e. The summed E-state index contributed by atoms with van der Waals surface area (Å²) in [6.45, 7) is 3.36. The van der Waals surface area contributed by atoms with Crippen LogP contribution in [0.1, 0.15) is 162 Å². The van der Waals surface area contributed by atoms with Crippen molar-refractivity contribution in [2.24, 2.45) is 0 Å². The molecule has 0 aromatic heterocycles. The van der Waals surface area contributed by atoms with Gasteiger partial charge < -0.3 is 20.1 Å². The number of allylic oxidation sites excluding steroid dienone is 10. The zero-order chi connectivity index (χ0) is 38.2. The highest BCUT2D eigenvalue weighted by atomic mass is 31.2. The number of hydrogen-bond acceptors (Lipinski definition) is 7. The van der Waals surface area contributed by atoms with Crippen molar-refractivity contribution in [3.05, 3.63) is 60.8 Å². The molecule has 0 spiro atoms. The van der Waals surface area contributed by atoms with E-state index in [4.69, 9.17) is 13.8 Å². The normalized spacial score (nSPS) is 14.0. The predicted octanol–water partition coefficient (Wildman–Crippen LogP) is 10.9. The van der Waals surface area contributed by atoms with Crippen LogP contribution in [0.2, 0.25) is 0 Å². The molecule has 0 bridgehead atoms. The average molecular weight is 752 g/mol. The summed E-state index contributed by atoms with van der Waals surface area (Å²) in [6.07, 6.45) is 44.4. The molecule has 0 aliphatic rings. The minimum absolute atomic E-state index is 0.0494. The van der Waals surface area contributed by atoms with Gasteiger partial charge in [0.2, 0.25) is 5.91 Å². The molecule has 0 rings (SSSR count). The van der Waals surface area contributed by atoms with Gasteiger partial charge in [0.05, 0.1) is 13.2 Å². The van der Waals surface area contributed by atoms with Gasteiger partial charge >= 0.3 is 13.8 Å². The van der Waals surface area contributed by atoms with Crippen molar-refractivity contribution in [2.75, 3.05) is 26.4 Å². The summed E-state index contributed by atoms with van der Waals surface area (Å²) in [5.74, 6) is -0.578. The number of phosphoric acid groups is 1. The number of aliphatic hydroxyl groups excluding tert-OH is 1. The lowest BCUT2D eigenvalue weighted by atomic mass is 10.0. The maximum atomic E-state index is 12.1. The number of hydrogen-bond donors (Lipinski definition) is 3. The van der Waals surface area contributed by atoms with Gasteiger partial charge in [-0.05, 0) is 51.4 Å². The van der Waals surface area contributed by atoms with Gasteiger partial charge in [0, 0.05) is 19.4 Å². The number of carbonyl (C=O) groups is 2. The van der Waals surface area contributed by atoms with E-state index < -0.39 is 26.5 Å². The van der Waals surface area contributed by atoms with Gasteiger partial charge in [-0.15, -0.1) is 0 Å². The Labute approximate surface area is 317 Å². The molecule has 2 unspecified atom stereocenters. The quantitative estimate of drug-likeness (QED) is 0.0247. The lowest BCUT2D eigenvalue weighted by Gasteiger charge is -2.15. The number of ether oxygens (including phenoxy) is 1. The molecule has 0 aromatic carbocycles. The van der Waals surface area contributed by atoms with Gasteiger partial charge in [0.25, 0.3) is 0 Å². The summed E-state index contributed by atoms with van der Waals surface area (Å²) < 4.78 is 26.8. The highest BCUT2D eigenvalue weighted by Gasteiger charge is 2.23. The van der Waals surface area contributed by atoms with Gasteiger partial charge in [0.1, 0.15) is 12.7 Å². The van der Waals surface area contributed by atoms with Crippen molar-refractivity contribution in [1.82, 2.24) is 5.32 Å². The largest absolute Gasteiger partial charge is 0.472 e. The highest BCUT2D eigenvalue weighted by Crippen LogP contribution is 2.42. The Morgan fingerprint density at radius 2 is 1.10 bits per heavy atom. The summed E-state index contributed by atoms with van der Waals surface area (Å²) >= 11 is 0. The van der Waals surface area contributed by atoms with Crippen molar-refractivity contribution in [1.29, 1.82) is 0 Å². The number of esters is 1.